The van der Waals surface area contributed by atoms with Crippen LogP contribution in [0.25, 0.3) is 0 Å². The van der Waals surface area contributed by atoms with Crippen molar-refractivity contribution >= 4 is 11.9 Å². The van der Waals surface area contributed by atoms with Gasteiger partial charge in [0.25, 0.3) is 0 Å². The van der Waals surface area contributed by atoms with Crippen molar-refractivity contribution in [1.29, 1.82) is 0 Å². The first-order valence-corrected chi connectivity index (χ1v) is 6.01. The summed E-state index contributed by atoms with van der Waals surface area (Å²) in [6, 6.07) is 0. The molecule has 0 aromatic heterocycles. The lowest BCUT2D eigenvalue weighted by Gasteiger charge is -2.40. The van der Waals surface area contributed by atoms with E-state index >= 15 is 0 Å². The van der Waals surface area contributed by atoms with Gasteiger partial charge in [-0.05, 0) is 25.2 Å². The van der Waals surface area contributed by atoms with Crippen LogP contribution in [-0.4, -0.2) is 47.7 Å². The first kappa shape index (κ1) is 14.0. The minimum absolute atomic E-state index is 0.0235. The molecule has 5 heteroatoms. The van der Waals surface area contributed by atoms with Crippen molar-refractivity contribution < 1.29 is 19.4 Å². The van der Waals surface area contributed by atoms with Gasteiger partial charge in [-0.3, -0.25) is 4.79 Å². The molecule has 0 saturated heterocycles. The lowest BCUT2D eigenvalue weighted by molar-refractivity contribution is -0.165. The summed E-state index contributed by atoms with van der Waals surface area (Å²) in [6.45, 7) is 3.88. The van der Waals surface area contributed by atoms with Gasteiger partial charge in [0.1, 0.15) is 0 Å². The monoisotopic (exact) mass is 243 g/mol. The number of nitrogens with zero attached hydrogens (tertiary/aromatic N) is 1. The van der Waals surface area contributed by atoms with Crippen LogP contribution < -0.4 is 0 Å². The van der Waals surface area contributed by atoms with Crippen molar-refractivity contribution in [2.24, 2.45) is 5.92 Å². The van der Waals surface area contributed by atoms with Crippen LogP contribution in [0.2, 0.25) is 0 Å². The van der Waals surface area contributed by atoms with Crippen LogP contribution in [0.5, 0.6) is 0 Å². The second-order valence-electron chi connectivity index (χ2n) is 4.61. The zero-order chi connectivity index (χ0) is 13.1. The van der Waals surface area contributed by atoms with Gasteiger partial charge in [0.15, 0.2) is 5.54 Å². The van der Waals surface area contributed by atoms with Crippen molar-refractivity contribution in [3.05, 3.63) is 0 Å². The fourth-order valence-electron chi connectivity index (χ4n) is 2.41. The molecule has 1 fully saturated rings. The molecule has 1 atom stereocenters. The Kier molecular flexibility index (Phi) is 4.51. The summed E-state index contributed by atoms with van der Waals surface area (Å²) in [7, 11) is 1.48. The summed E-state index contributed by atoms with van der Waals surface area (Å²) in [5, 5.41) is 9.54. The van der Waals surface area contributed by atoms with Gasteiger partial charge in [0, 0.05) is 20.6 Å². The molecule has 0 aromatic carbocycles. The predicted molar refractivity (Wildman–Crippen MR) is 62.6 cm³/mol. The maximum absolute atomic E-state index is 11.7. The minimum atomic E-state index is -1.17. The van der Waals surface area contributed by atoms with Crippen molar-refractivity contribution in [3.63, 3.8) is 0 Å². The Morgan fingerprint density at radius 1 is 1.47 bits per heavy atom. The van der Waals surface area contributed by atoms with E-state index in [0.717, 1.165) is 19.3 Å². The Morgan fingerprint density at radius 3 is 2.35 bits per heavy atom. The second kappa shape index (κ2) is 5.49. The highest BCUT2D eigenvalue weighted by molar-refractivity contribution is 5.87. The fourth-order valence-corrected chi connectivity index (χ4v) is 2.41. The van der Waals surface area contributed by atoms with Gasteiger partial charge in [0.05, 0.1) is 6.61 Å². The summed E-state index contributed by atoms with van der Waals surface area (Å²) >= 11 is 0. The Hall–Kier alpha value is -1.10. The van der Waals surface area contributed by atoms with E-state index < -0.39 is 11.5 Å². The molecule has 0 radical (unpaired) electrons. The molecule has 0 aliphatic heterocycles. The molecule has 1 unspecified atom stereocenters. The van der Waals surface area contributed by atoms with Crippen molar-refractivity contribution in [3.8, 4) is 0 Å². The lowest BCUT2D eigenvalue weighted by Crippen LogP contribution is -2.61. The lowest BCUT2D eigenvalue weighted by atomic mass is 9.91. The number of carbonyl (C=O) groups excluding carboxylic acids is 1. The van der Waals surface area contributed by atoms with E-state index in [9.17, 15) is 14.7 Å². The summed E-state index contributed by atoms with van der Waals surface area (Å²) in [5.41, 5.74) is -1.17. The first-order chi connectivity index (χ1) is 8.00. The number of ether oxygens (including phenoxy) is 1. The first-order valence-electron chi connectivity index (χ1n) is 6.01. The number of hydrogen-bond acceptors (Lipinski definition) is 3. The second-order valence-corrected chi connectivity index (χ2v) is 4.61. The molecule has 1 amide bonds. The highest BCUT2D eigenvalue weighted by Gasteiger charge is 2.56. The number of hydrogen-bond donors (Lipinski definition) is 1. The molecule has 0 bridgehead atoms. The summed E-state index contributed by atoms with van der Waals surface area (Å²) in [6.07, 6.45) is 2.44. The molecule has 17 heavy (non-hydrogen) atoms. The normalized spacial score (nSPS) is 18.5. The Bertz CT molecular complexity index is 301. The largest absolute Gasteiger partial charge is 0.479 e. The zero-order valence-corrected chi connectivity index (χ0v) is 10.7. The maximum Gasteiger partial charge on any atom is 0.332 e. The Labute approximate surface area is 102 Å². The summed E-state index contributed by atoms with van der Waals surface area (Å²) in [4.78, 5) is 24.8. The van der Waals surface area contributed by atoms with Gasteiger partial charge in [-0.25, -0.2) is 4.79 Å². The van der Waals surface area contributed by atoms with E-state index in [4.69, 9.17) is 4.74 Å². The third-order valence-corrected chi connectivity index (χ3v) is 3.30. The molecule has 1 aliphatic carbocycles. The van der Waals surface area contributed by atoms with Gasteiger partial charge in [-0.1, -0.05) is 6.92 Å². The van der Waals surface area contributed by atoms with E-state index in [1.54, 1.807) is 0 Å². The van der Waals surface area contributed by atoms with Crippen LogP contribution in [0.15, 0.2) is 0 Å². The molecule has 0 heterocycles. The molecule has 5 nitrogen and oxygen atoms in total. The molecule has 1 aliphatic rings. The molecule has 98 valence electrons. The Morgan fingerprint density at radius 2 is 2.06 bits per heavy atom. The SMILES string of the molecule is CCCN(C(C)=O)C(COC)(C(=O)O)C1CC1. The van der Waals surface area contributed by atoms with E-state index in [0.29, 0.717) is 6.54 Å². The van der Waals surface area contributed by atoms with E-state index in [-0.39, 0.29) is 18.4 Å². The van der Waals surface area contributed by atoms with Gasteiger partial charge in [0.2, 0.25) is 5.91 Å². The van der Waals surface area contributed by atoms with E-state index in [1.165, 1.54) is 18.9 Å². The molecule has 1 N–H and O–H groups in total. The number of carbonyl (C=O) groups is 2. The van der Waals surface area contributed by atoms with E-state index in [1.807, 2.05) is 6.92 Å². The highest BCUT2D eigenvalue weighted by atomic mass is 16.5. The zero-order valence-electron chi connectivity index (χ0n) is 10.7. The third-order valence-electron chi connectivity index (χ3n) is 3.30. The Balaban J connectivity index is 3.07. The third kappa shape index (κ3) is 2.60. The molecular weight excluding hydrogens is 222 g/mol. The molecule has 1 saturated carbocycles. The minimum Gasteiger partial charge on any atom is -0.479 e. The molecule has 0 aromatic rings. The van der Waals surface area contributed by atoms with Crippen molar-refractivity contribution in [2.45, 2.75) is 38.6 Å². The standard InChI is InChI=1S/C12H21NO4/c1-4-7-13(9(2)14)12(8-17-3,11(15)16)10-5-6-10/h10H,4-8H2,1-3H3,(H,15,16). The number of carboxylic acid groups (broad SMARTS) is 1. The topological polar surface area (TPSA) is 66.8 Å². The van der Waals surface area contributed by atoms with E-state index in [2.05, 4.69) is 0 Å². The van der Waals surface area contributed by atoms with Crippen LogP contribution in [0, 0.1) is 5.92 Å². The van der Waals surface area contributed by atoms with Gasteiger partial charge < -0.3 is 14.7 Å². The van der Waals surface area contributed by atoms with Crippen molar-refractivity contribution in [1.82, 2.24) is 4.90 Å². The predicted octanol–water partition coefficient (Wildman–Crippen LogP) is 1.12. The van der Waals surface area contributed by atoms with Gasteiger partial charge in [-0.15, -0.1) is 0 Å². The highest BCUT2D eigenvalue weighted by Crippen LogP contribution is 2.44. The van der Waals surface area contributed by atoms with Gasteiger partial charge >= 0.3 is 5.97 Å². The van der Waals surface area contributed by atoms with Crippen LogP contribution >= 0.6 is 0 Å². The van der Waals surface area contributed by atoms with Crippen LogP contribution in [0.3, 0.4) is 0 Å². The average molecular weight is 243 g/mol. The van der Waals surface area contributed by atoms with Crippen LogP contribution in [-0.2, 0) is 14.3 Å². The van der Waals surface area contributed by atoms with Crippen LogP contribution in [0.1, 0.15) is 33.1 Å². The summed E-state index contributed by atoms with van der Waals surface area (Å²) in [5.74, 6) is -1.13. The molecular formula is C12H21NO4. The van der Waals surface area contributed by atoms with Crippen molar-refractivity contribution in [2.75, 3.05) is 20.3 Å². The van der Waals surface area contributed by atoms with Crippen LogP contribution in [0.4, 0.5) is 0 Å². The summed E-state index contributed by atoms with van der Waals surface area (Å²) < 4.78 is 5.07. The number of rotatable bonds is 7. The van der Waals surface area contributed by atoms with Gasteiger partial charge in [-0.2, -0.15) is 0 Å². The molecule has 1 rings (SSSR count). The number of aliphatic carboxylic acids is 1. The number of amides is 1. The quantitative estimate of drug-likeness (QED) is 0.727. The molecule has 0 spiro atoms. The maximum atomic E-state index is 11.7. The smallest absolute Gasteiger partial charge is 0.332 e. The average Bonchev–Trinajstić information content (AvgIpc) is 3.06. The fraction of sp³-hybridized carbons (Fsp3) is 0.833. The number of carboxylic acids is 1. The number of methoxy groups -OCH3 is 1.